The number of carboxylic acid groups (broad SMARTS) is 1. The maximum Gasteiger partial charge on any atom is 0.305 e. The summed E-state index contributed by atoms with van der Waals surface area (Å²) in [6.07, 6.45) is 2.11. The minimum absolute atomic E-state index is 0.0378. The van der Waals surface area contributed by atoms with Crippen LogP contribution in [0.15, 0.2) is 0 Å². The molecule has 0 aromatic carbocycles. The highest BCUT2D eigenvalue weighted by Crippen LogP contribution is 2.20. The van der Waals surface area contributed by atoms with Crippen LogP contribution in [0.4, 0.5) is 0 Å². The maximum atomic E-state index is 12.0. The third kappa shape index (κ3) is 5.17. The lowest BCUT2D eigenvalue weighted by atomic mass is 9.86. The SMILES string of the molecule is CCCC(CC(=O)O)NC(=O)C(C)(CC)CN. The van der Waals surface area contributed by atoms with Crippen LogP contribution in [0.1, 0.15) is 46.5 Å². The van der Waals surface area contributed by atoms with Gasteiger partial charge in [0.1, 0.15) is 0 Å². The van der Waals surface area contributed by atoms with E-state index in [0.29, 0.717) is 12.8 Å². The van der Waals surface area contributed by atoms with Gasteiger partial charge >= 0.3 is 5.97 Å². The Kier molecular flexibility index (Phi) is 6.80. The fourth-order valence-corrected chi connectivity index (χ4v) is 1.54. The molecule has 0 aliphatic heterocycles. The summed E-state index contributed by atoms with van der Waals surface area (Å²) in [4.78, 5) is 22.7. The predicted molar refractivity (Wildman–Crippen MR) is 66.5 cm³/mol. The average molecular weight is 244 g/mol. The molecule has 0 aliphatic carbocycles. The maximum absolute atomic E-state index is 12.0. The number of hydrogen-bond acceptors (Lipinski definition) is 3. The molecule has 0 fully saturated rings. The van der Waals surface area contributed by atoms with E-state index in [1.54, 1.807) is 6.92 Å². The summed E-state index contributed by atoms with van der Waals surface area (Å²) in [6.45, 7) is 5.93. The van der Waals surface area contributed by atoms with E-state index in [1.807, 2.05) is 13.8 Å². The second-order valence-corrected chi connectivity index (χ2v) is 4.68. The third-order valence-corrected chi connectivity index (χ3v) is 3.17. The van der Waals surface area contributed by atoms with Crippen molar-refractivity contribution in [2.24, 2.45) is 11.1 Å². The number of carbonyl (C=O) groups excluding carboxylic acids is 1. The second kappa shape index (κ2) is 7.27. The van der Waals surface area contributed by atoms with Gasteiger partial charge in [-0.05, 0) is 19.8 Å². The van der Waals surface area contributed by atoms with Gasteiger partial charge in [-0.15, -0.1) is 0 Å². The standard InChI is InChI=1S/C12H24N2O3/c1-4-6-9(7-10(15)16)14-11(17)12(3,5-2)8-13/h9H,4-8,13H2,1-3H3,(H,14,17)(H,15,16). The Hall–Kier alpha value is -1.10. The highest BCUT2D eigenvalue weighted by Gasteiger charge is 2.31. The lowest BCUT2D eigenvalue weighted by molar-refractivity contribution is -0.138. The van der Waals surface area contributed by atoms with Crippen LogP contribution in [0.2, 0.25) is 0 Å². The highest BCUT2D eigenvalue weighted by molar-refractivity contribution is 5.83. The molecule has 2 unspecified atom stereocenters. The van der Waals surface area contributed by atoms with Crippen molar-refractivity contribution in [2.75, 3.05) is 6.54 Å². The summed E-state index contributed by atoms with van der Waals surface area (Å²) in [5, 5.41) is 11.6. The Labute approximate surface area is 103 Å². The van der Waals surface area contributed by atoms with E-state index in [0.717, 1.165) is 6.42 Å². The van der Waals surface area contributed by atoms with Gasteiger partial charge in [0.2, 0.25) is 5.91 Å². The molecule has 4 N–H and O–H groups in total. The topological polar surface area (TPSA) is 92.4 Å². The number of nitrogens with two attached hydrogens (primary N) is 1. The van der Waals surface area contributed by atoms with Gasteiger partial charge in [0.05, 0.1) is 11.8 Å². The molecule has 2 atom stereocenters. The normalized spacial score (nSPS) is 16.0. The lowest BCUT2D eigenvalue weighted by Crippen LogP contribution is -2.48. The molecule has 5 nitrogen and oxygen atoms in total. The van der Waals surface area contributed by atoms with Gasteiger partial charge in [0.25, 0.3) is 0 Å². The van der Waals surface area contributed by atoms with Crippen molar-refractivity contribution in [1.29, 1.82) is 0 Å². The Morgan fingerprint density at radius 3 is 2.35 bits per heavy atom. The van der Waals surface area contributed by atoms with E-state index in [1.165, 1.54) is 0 Å². The number of carbonyl (C=O) groups is 2. The van der Waals surface area contributed by atoms with Crippen molar-refractivity contribution in [3.05, 3.63) is 0 Å². The van der Waals surface area contributed by atoms with Crippen molar-refractivity contribution < 1.29 is 14.7 Å². The van der Waals surface area contributed by atoms with Gasteiger partial charge in [-0.2, -0.15) is 0 Å². The summed E-state index contributed by atoms with van der Waals surface area (Å²) in [7, 11) is 0. The van der Waals surface area contributed by atoms with Crippen LogP contribution in [0.5, 0.6) is 0 Å². The molecule has 100 valence electrons. The molecule has 0 saturated carbocycles. The van der Waals surface area contributed by atoms with Gasteiger partial charge in [-0.25, -0.2) is 0 Å². The number of carboxylic acids is 1. The summed E-state index contributed by atoms with van der Waals surface area (Å²) < 4.78 is 0. The Bertz CT molecular complexity index is 262. The van der Waals surface area contributed by atoms with E-state index in [-0.39, 0.29) is 24.9 Å². The average Bonchev–Trinajstić information content (AvgIpc) is 2.27. The summed E-state index contributed by atoms with van der Waals surface area (Å²) >= 11 is 0. The number of rotatable bonds is 8. The van der Waals surface area contributed by atoms with E-state index < -0.39 is 11.4 Å². The fourth-order valence-electron chi connectivity index (χ4n) is 1.54. The molecule has 0 aromatic heterocycles. The zero-order valence-electron chi connectivity index (χ0n) is 11.0. The van der Waals surface area contributed by atoms with E-state index >= 15 is 0 Å². The van der Waals surface area contributed by atoms with Crippen LogP contribution in [0.3, 0.4) is 0 Å². The predicted octanol–water partition coefficient (Wildman–Crippen LogP) is 1.12. The van der Waals surface area contributed by atoms with Crippen LogP contribution < -0.4 is 11.1 Å². The van der Waals surface area contributed by atoms with Gasteiger partial charge in [-0.3, -0.25) is 9.59 Å². The van der Waals surface area contributed by atoms with Crippen molar-refractivity contribution >= 4 is 11.9 Å². The third-order valence-electron chi connectivity index (χ3n) is 3.17. The smallest absolute Gasteiger partial charge is 0.305 e. The monoisotopic (exact) mass is 244 g/mol. The van der Waals surface area contributed by atoms with E-state index in [4.69, 9.17) is 10.8 Å². The van der Waals surface area contributed by atoms with Crippen LogP contribution in [-0.2, 0) is 9.59 Å². The van der Waals surface area contributed by atoms with Crippen molar-refractivity contribution in [1.82, 2.24) is 5.32 Å². The Balaban J connectivity index is 4.53. The first-order valence-electron chi connectivity index (χ1n) is 6.12. The van der Waals surface area contributed by atoms with Crippen LogP contribution in [0, 0.1) is 5.41 Å². The minimum Gasteiger partial charge on any atom is -0.481 e. The van der Waals surface area contributed by atoms with Crippen molar-refractivity contribution in [3.8, 4) is 0 Å². The molecule has 0 bridgehead atoms. The molecule has 0 aromatic rings. The number of hydrogen-bond donors (Lipinski definition) is 3. The molecule has 0 rings (SSSR count). The molecule has 0 spiro atoms. The molecule has 5 heteroatoms. The number of amides is 1. The highest BCUT2D eigenvalue weighted by atomic mass is 16.4. The summed E-state index contributed by atoms with van der Waals surface area (Å²) in [5.41, 5.74) is 4.99. The first-order valence-corrected chi connectivity index (χ1v) is 6.12. The van der Waals surface area contributed by atoms with Crippen molar-refractivity contribution in [3.63, 3.8) is 0 Å². The second-order valence-electron chi connectivity index (χ2n) is 4.68. The van der Waals surface area contributed by atoms with Crippen LogP contribution >= 0.6 is 0 Å². The van der Waals surface area contributed by atoms with Crippen LogP contribution in [-0.4, -0.2) is 29.6 Å². The first kappa shape index (κ1) is 15.9. The van der Waals surface area contributed by atoms with Gasteiger partial charge in [0, 0.05) is 12.6 Å². The van der Waals surface area contributed by atoms with Gasteiger partial charge < -0.3 is 16.2 Å². The molecule has 0 aliphatic rings. The molecule has 0 radical (unpaired) electrons. The zero-order chi connectivity index (χ0) is 13.5. The molecular weight excluding hydrogens is 220 g/mol. The lowest BCUT2D eigenvalue weighted by Gasteiger charge is -2.28. The summed E-state index contributed by atoms with van der Waals surface area (Å²) in [5.74, 6) is -1.04. The van der Waals surface area contributed by atoms with Gasteiger partial charge in [0.15, 0.2) is 0 Å². The quantitative estimate of drug-likeness (QED) is 0.596. The minimum atomic E-state index is -0.894. The summed E-state index contributed by atoms with van der Waals surface area (Å²) in [6, 6.07) is -0.303. The van der Waals surface area contributed by atoms with Crippen molar-refractivity contribution in [2.45, 2.75) is 52.5 Å². The first-order chi connectivity index (χ1) is 7.89. The Morgan fingerprint density at radius 2 is 2.00 bits per heavy atom. The van der Waals surface area contributed by atoms with Gasteiger partial charge in [-0.1, -0.05) is 20.3 Å². The van der Waals surface area contributed by atoms with E-state index in [9.17, 15) is 9.59 Å². The Morgan fingerprint density at radius 1 is 1.41 bits per heavy atom. The van der Waals surface area contributed by atoms with E-state index in [2.05, 4.69) is 5.32 Å². The molecule has 17 heavy (non-hydrogen) atoms. The van der Waals surface area contributed by atoms with Crippen LogP contribution in [0.25, 0.3) is 0 Å². The largest absolute Gasteiger partial charge is 0.481 e. The number of aliphatic carboxylic acids is 1. The molecule has 0 heterocycles. The molecular formula is C12H24N2O3. The number of nitrogens with one attached hydrogen (secondary N) is 1. The fraction of sp³-hybridized carbons (Fsp3) is 0.833. The molecule has 0 saturated heterocycles. The molecule has 1 amide bonds. The zero-order valence-corrected chi connectivity index (χ0v) is 11.0.